The Labute approximate surface area is 133 Å². The SMILES string of the molecule is COc1cccn(C(C)c2cn(-c3ccccc3)nn2)c1=S. The zero-order chi connectivity index (χ0) is 15.5. The quantitative estimate of drug-likeness (QED) is 0.693. The summed E-state index contributed by atoms with van der Waals surface area (Å²) in [6, 6.07) is 13.6. The van der Waals surface area contributed by atoms with Gasteiger partial charge in [0.1, 0.15) is 10.3 Å². The number of pyridine rings is 1. The Balaban J connectivity index is 1.95. The van der Waals surface area contributed by atoms with E-state index in [9.17, 15) is 0 Å². The number of hydrogen-bond acceptors (Lipinski definition) is 4. The Morgan fingerprint density at radius 3 is 2.64 bits per heavy atom. The van der Waals surface area contributed by atoms with Crippen LogP contribution in [-0.4, -0.2) is 26.7 Å². The Morgan fingerprint density at radius 2 is 1.91 bits per heavy atom. The zero-order valence-corrected chi connectivity index (χ0v) is 13.2. The summed E-state index contributed by atoms with van der Waals surface area (Å²) in [6.45, 7) is 2.04. The number of nitrogens with zero attached hydrogens (tertiary/aromatic N) is 4. The maximum Gasteiger partial charge on any atom is 0.153 e. The van der Waals surface area contributed by atoms with Crippen molar-refractivity contribution >= 4 is 12.2 Å². The molecule has 0 bridgehead atoms. The maximum absolute atomic E-state index is 5.45. The molecular formula is C16H16N4OS. The van der Waals surface area contributed by atoms with Gasteiger partial charge in [0.15, 0.2) is 5.75 Å². The van der Waals surface area contributed by atoms with Crippen LogP contribution in [0.3, 0.4) is 0 Å². The van der Waals surface area contributed by atoms with E-state index < -0.39 is 0 Å². The first-order chi connectivity index (χ1) is 10.7. The Morgan fingerprint density at radius 1 is 1.14 bits per heavy atom. The lowest BCUT2D eigenvalue weighted by molar-refractivity contribution is 0.404. The highest BCUT2D eigenvalue weighted by Gasteiger charge is 2.14. The highest BCUT2D eigenvalue weighted by atomic mass is 32.1. The van der Waals surface area contributed by atoms with Crippen LogP contribution < -0.4 is 4.74 Å². The molecule has 22 heavy (non-hydrogen) atoms. The lowest BCUT2D eigenvalue weighted by Gasteiger charge is -2.14. The standard InChI is InChI=1S/C16H16N4OS/c1-12(19-10-6-9-15(21-2)16(19)22)14-11-20(18-17-14)13-7-4-3-5-8-13/h3-12H,1-2H3. The van der Waals surface area contributed by atoms with Crippen LogP contribution in [-0.2, 0) is 0 Å². The fourth-order valence-corrected chi connectivity index (χ4v) is 2.64. The molecular weight excluding hydrogens is 296 g/mol. The summed E-state index contributed by atoms with van der Waals surface area (Å²) >= 11 is 5.45. The number of benzene rings is 1. The number of ether oxygens (including phenoxy) is 1. The minimum atomic E-state index is -0.0277. The number of rotatable bonds is 4. The molecule has 112 valence electrons. The molecule has 2 heterocycles. The van der Waals surface area contributed by atoms with Crippen molar-refractivity contribution in [2.24, 2.45) is 0 Å². The fourth-order valence-electron chi connectivity index (χ4n) is 2.27. The highest BCUT2D eigenvalue weighted by Crippen LogP contribution is 2.21. The first-order valence-electron chi connectivity index (χ1n) is 6.93. The second-order valence-electron chi connectivity index (χ2n) is 4.89. The van der Waals surface area contributed by atoms with Crippen molar-refractivity contribution in [3.05, 3.63) is 65.2 Å². The average Bonchev–Trinajstić information content (AvgIpc) is 3.05. The second kappa shape index (κ2) is 6.11. The topological polar surface area (TPSA) is 44.9 Å². The summed E-state index contributed by atoms with van der Waals surface area (Å²) < 4.78 is 9.64. The second-order valence-corrected chi connectivity index (χ2v) is 5.28. The molecule has 1 unspecified atom stereocenters. The van der Waals surface area contributed by atoms with Crippen LogP contribution in [0, 0.1) is 4.64 Å². The Hall–Kier alpha value is -2.47. The molecule has 3 rings (SSSR count). The van der Waals surface area contributed by atoms with Crippen LogP contribution in [0.1, 0.15) is 18.7 Å². The minimum absolute atomic E-state index is 0.0277. The Bertz CT molecular complexity index is 825. The normalized spacial score (nSPS) is 12.1. The molecule has 6 heteroatoms. The van der Waals surface area contributed by atoms with Crippen molar-refractivity contribution in [1.29, 1.82) is 0 Å². The maximum atomic E-state index is 5.45. The van der Waals surface area contributed by atoms with Gasteiger partial charge in [-0.3, -0.25) is 0 Å². The lowest BCUT2D eigenvalue weighted by atomic mass is 10.2. The molecule has 1 aromatic carbocycles. The van der Waals surface area contributed by atoms with Crippen LogP contribution in [0.25, 0.3) is 5.69 Å². The van der Waals surface area contributed by atoms with E-state index in [1.165, 1.54) is 0 Å². The van der Waals surface area contributed by atoms with Crippen molar-refractivity contribution in [1.82, 2.24) is 19.6 Å². The van der Waals surface area contributed by atoms with Crippen LogP contribution in [0.2, 0.25) is 0 Å². The van der Waals surface area contributed by atoms with Gasteiger partial charge in [0.05, 0.1) is 25.0 Å². The van der Waals surface area contributed by atoms with E-state index in [4.69, 9.17) is 17.0 Å². The number of para-hydroxylation sites is 1. The number of aromatic nitrogens is 4. The summed E-state index contributed by atoms with van der Waals surface area (Å²) in [4.78, 5) is 0. The average molecular weight is 312 g/mol. The molecule has 5 nitrogen and oxygen atoms in total. The largest absolute Gasteiger partial charge is 0.494 e. The summed E-state index contributed by atoms with van der Waals surface area (Å²) in [5.74, 6) is 0.680. The lowest BCUT2D eigenvalue weighted by Crippen LogP contribution is -2.09. The molecule has 0 radical (unpaired) electrons. The van der Waals surface area contributed by atoms with E-state index in [-0.39, 0.29) is 6.04 Å². The molecule has 1 atom stereocenters. The van der Waals surface area contributed by atoms with Crippen molar-refractivity contribution in [2.45, 2.75) is 13.0 Å². The van der Waals surface area contributed by atoms with Gasteiger partial charge in [0, 0.05) is 6.20 Å². The third-order valence-electron chi connectivity index (χ3n) is 3.54. The monoisotopic (exact) mass is 312 g/mol. The highest BCUT2D eigenvalue weighted by molar-refractivity contribution is 7.71. The van der Waals surface area contributed by atoms with Crippen LogP contribution in [0.4, 0.5) is 0 Å². The molecule has 0 N–H and O–H groups in total. The van der Waals surface area contributed by atoms with Gasteiger partial charge >= 0.3 is 0 Å². The van der Waals surface area contributed by atoms with Crippen molar-refractivity contribution in [2.75, 3.05) is 7.11 Å². The summed E-state index contributed by atoms with van der Waals surface area (Å²) in [5, 5.41) is 8.46. The van der Waals surface area contributed by atoms with E-state index >= 15 is 0 Å². The van der Waals surface area contributed by atoms with Gasteiger partial charge < -0.3 is 9.30 Å². The van der Waals surface area contributed by atoms with E-state index in [1.54, 1.807) is 11.8 Å². The van der Waals surface area contributed by atoms with Gasteiger partial charge in [-0.1, -0.05) is 35.6 Å². The molecule has 0 amide bonds. The van der Waals surface area contributed by atoms with Crippen LogP contribution in [0.5, 0.6) is 5.75 Å². The van der Waals surface area contributed by atoms with Crippen molar-refractivity contribution in [3.63, 3.8) is 0 Å². The third kappa shape index (κ3) is 2.65. The molecule has 0 aliphatic heterocycles. The zero-order valence-electron chi connectivity index (χ0n) is 12.4. The van der Waals surface area contributed by atoms with Gasteiger partial charge in [0.2, 0.25) is 0 Å². The van der Waals surface area contributed by atoms with Gasteiger partial charge in [-0.2, -0.15) is 0 Å². The molecule has 0 aliphatic rings. The van der Waals surface area contributed by atoms with Crippen LogP contribution >= 0.6 is 12.2 Å². The van der Waals surface area contributed by atoms with E-state index in [0.29, 0.717) is 10.4 Å². The molecule has 2 aromatic heterocycles. The van der Waals surface area contributed by atoms with Crippen LogP contribution in [0.15, 0.2) is 54.9 Å². The summed E-state index contributed by atoms with van der Waals surface area (Å²) in [5.41, 5.74) is 1.82. The van der Waals surface area contributed by atoms with Crippen molar-refractivity contribution in [3.8, 4) is 11.4 Å². The van der Waals surface area contributed by atoms with Gasteiger partial charge in [-0.25, -0.2) is 4.68 Å². The number of hydrogen-bond donors (Lipinski definition) is 0. The smallest absolute Gasteiger partial charge is 0.153 e. The van der Waals surface area contributed by atoms with Gasteiger partial charge in [-0.05, 0) is 31.2 Å². The first kappa shape index (κ1) is 14.5. The molecule has 0 aliphatic carbocycles. The third-order valence-corrected chi connectivity index (χ3v) is 3.95. The van der Waals surface area contributed by atoms with E-state index in [1.807, 2.05) is 66.3 Å². The molecule has 0 saturated heterocycles. The van der Waals surface area contributed by atoms with E-state index in [0.717, 1.165) is 11.4 Å². The minimum Gasteiger partial charge on any atom is -0.494 e. The predicted molar refractivity (Wildman–Crippen MR) is 87.0 cm³/mol. The summed E-state index contributed by atoms with van der Waals surface area (Å²) in [7, 11) is 1.62. The van der Waals surface area contributed by atoms with E-state index in [2.05, 4.69) is 10.3 Å². The Kier molecular flexibility index (Phi) is 4.02. The first-order valence-corrected chi connectivity index (χ1v) is 7.34. The number of methoxy groups -OCH3 is 1. The molecule has 0 spiro atoms. The predicted octanol–water partition coefficient (Wildman–Crippen LogP) is 3.42. The van der Waals surface area contributed by atoms with Gasteiger partial charge in [-0.15, -0.1) is 5.10 Å². The van der Waals surface area contributed by atoms with Gasteiger partial charge in [0.25, 0.3) is 0 Å². The molecule has 0 saturated carbocycles. The molecule has 3 aromatic rings. The summed E-state index contributed by atoms with van der Waals surface area (Å²) in [6.07, 6.45) is 3.85. The molecule has 0 fully saturated rings. The van der Waals surface area contributed by atoms with Crippen molar-refractivity contribution < 1.29 is 4.74 Å². The fraction of sp³-hybridized carbons (Fsp3) is 0.188.